The lowest BCUT2D eigenvalue weighted by Gasteiger charge is -2.14. The molecule has 0 spiro atoms. The average Bonchev–Trinajstić information content (AvgIpc) is 3.17. The molecule has 0 radical (unpaired) electrons. The third kappa shape index (κ3) is 3.00. The Bertz CT molecular complexity index is 867. The van der Waals surface area contributed by atoms with Crippen molar-refractivity contribution in [1.29, 1.82) is 0 Å². The van der Waals surface area contributed by atoms with E-state index in [9.17, 15) is 9.90 Å². The molecule has 3 heterocycles. The lowest BCUT2D eigenvalue weighted by Crippen LogP contribution is -2.18. The molecule has 0 saturated heterocycles. The van der Waals surface area contributed by atoms with E-state index in [4.69, 9.17) is 9.15 Å². The first kappa shape index (κ1) is 16.8. The lowest BCUT2D eigenvalue weighted by atomic mass is 10.1. The molecule has 1 aliphatic rings. The second-order valence-electron chi connectivity index (χ2n) is 5.46. The molecule has 1 aliphatic heterocycles. The number of ether oxygens (including phenoxy) is 1. The van der Waals surface area contributed by atoms with Crippen LogP contribution in [0.1, 0.15) is 35.5 Å². The van der Waals surface area contributed by atoms with E-state index in [-0.39, 0.29) is 29.6 Å². The number of rotatable bonds is 5. The van der Waals surface area contributed by atoms with Gasteiger partial charge in [-0.05, 0) is 32.1 Å². The summed E-state index contributed by atoms with van der Waals surface area (Å²) in [5.41, 5.74) is 1.61. The quantitative estimate of drug-likeness (QED) is 0.840. The van der Waals surface area contributed by atoms with Gasteiger partial charge in [-0.25, -0.2) is 14.8 Å². The van der Waals surface area contributed by atoms with Gasteiger partial charge in [-0.2, -0.15) is 0 Å². The summed E-state index contributed by atoms with van der Waals surface area (Å²) in [6.45, 7) is 4.43. The van der Waals surface area contributed by atoms with E-state index in [0.29, 0.717) is 12.4 Å². The molecule has 0 bridgehead atoms. The number of esters is 1. The molecule has 0 unspecified atom stereocenters. The van der Waals surface area contributed by atoms with Crippen molar-refractivity contribution >= 4 is 35.5 Å². The highest BCUT2D eigenvalue weighted by Crippen LogP contribution is 2.39. The molecule has 0 saturated carbocycles. The minimum absolute atomic E-state index is 0.0272. The molecular formula is C18H19N3O4. The topological polar surface area (TPSA) is 88.2 Å². The normalized spacial score (nSPS) is 14.0. The molecular weight excluding hydrogens is 322 g/mol. The van der Waals surface area contributed by atoms with Crippen molar-refractivity contribution in [3.05, 3.63) is 35.2 Å². The monoisotopic (exact) mass is 341 g/mol. The van der Waals surface area contributed by atoms with Crippen LogP contribution >= 0.6 is 0 Å². The summed E-state index contributed by atoms with van der Waals surface area (Å²) in [4.78, 5) is 22.4. The van der Waals surface area contributed by atoms with Gasteiger partial charge in [0.15, 0.2) is 22.9 Å². The molecule has 0 aromatic carbocycles. The van der Waals surface area contributed by atoms with Crippen molar-refractivity contribution in [1.82, 2.24) is 4.98 Å². The Morgan fingerprint density at radius 3 is 2.96 bits per heavy atom. The Morgan fingerprint density at radius 2 is 2.24 bits per heavy atom. The molecule has 0 fully saturated rings. The summed E-state index contributed by atoms with van der Waals surface area (Å²) >= 11 is 0. The van der Waals surface area contributed by atoms with Crippen LogP contribution in [0.5, 0.6) is 5.75 Å². The summed E-state index contributed by atoms with van der Waals surface area (Å²) in [6, 6.07) is 3.69. The zero-order chi connectivity index (χ0) is 18.0. The van der Waals surface area contributed by atoms with Gasteiger partial charge < -0.3 is 19.2 Å². The third-order valence-corrected chi connectivity index (χ3v) is 3.90. The van der Waals surface area contributed by atoms with Crippen LogP contribution in [0.15, 0.2) is 27.7 Å². The summed E-state index contributed by atoms with van der Waals surface area (Å²) < 4.78 is 10.8. The summed E-state index contributed by atoms with van der Waals surface area (Å²) in [7, 11) is 1.77. The molecule has 0 amide bonds. The number of hydrogen-bond acceptors (Lipinski definition) is 7. The van der Waals surface area contributed by atoms with Gasteiger partial charge in [-0.3, -0.25) is 0 Å². The Hall–Kier alpha value is -3.09. The molecule has 2 aromatic heterocycles. The van der Waals surface area contributed by atoms with Gasteiger partial charge in [-0.15, -0.1) is 0 Å². The van der Waals surface area contributed by atoms with Crippen LogP contribution in [0, 0.1) is 0 Å². The van der Waals surface area contributed by atoms with Gasteiger partial charge in [0.25, 0.3) is 0 Å². The Balaban J connectivity index is 2.08. The predicted octanol–water partition coefficient (Wildman–Crippen LogP) is 3.27. The second kappa shape index (κ2) is 6.80. The maximum absolute atomic E-state index is 12.2. The van der Waals surface area contributed by atoms with Crippen molar-refractivity contribution in [2.75, 3.05) is 25.1 Å². The first-order chi connectivity index (χ1) is 12.1. The molecule has 7 heteroatoms. The van der Waals surface area contributed by atoms with Crippen LogP contribution < -0.4 is 4.90 Å². The van der Waals surface area contributed by atoms with Crippen LogP contribution in [0.3, 0.4) is 0 Å². The zero-order valence-electron chi connectivity index (χ0n) is 14.3. The minimum Gasteiger partial charge on any atom is -0.504 e. The van der Waals surface area contributed by atoms with Crippen molar-refractivity contribution in [2.45, 2.75) is 13.8 Å². The van der Waals surface area contributed by atoms with Gasteiger partial charge in [0.1, 0.15) is 0 Å². The molecule has 7 nitrogen and oxygen atoms in total. The minimum atomic E-state index is -0.620. The van der Waals surface area contributed by atoms with Crippen LogP contribution in [0.4, 0.5) is 11.7 Å². The second-order valence-corrected chi connectivity index (χ2v) is 5.46. The third-order valence-electron chi connectivity index (χ3n) is 3.90. The number of carbonyl (C=O) groups excluding carboxylic acids is 1. The first-order valence-corrected chi connectivity index (χ1v) is 8.02. The number of furan rings is 1. The smallest absolute Gasteiger partial charge is 0.347 e. The van der Waals surface area contributed by atoms with Gasteiger partial charge in [0, 0.05) is 37.1 Å². The van der Waals surface area contributed by atoms with E-state index in [1.54, 1.807) is 37.4 Å². The summed E-state index contributed by atoms with van der Waals surface area (Å²) in [6.07, 6.45) is 4.95. The van der Waals surface area contributed by atoms with Crippen molar-refractivity contribution in [3.8, 4) is 5.75 Å². The molecule has 1 N–H and O–H groups in total. The zero-order valence-corrected chi connectivity index (χ0v) is 14.3. The lowest BCUT2D eigenvalue weighted by molar-refractivity contribution is 0.0523. The standard InChI is InChI=1S/C18H19N3O4/c1-4-21(3)17-14(18(23)24-5-2)15(22)13(25-17)9-11-10-20-16-12(11)7-6-8-19-16/h6-10,22H,4-5H2,1-3H3. The number of hydrogen-bond donors (Lipinski definition) is 1. The van der Waals surface area contributed by atoms with Crippen molar-refractivity contribution < 1.29 is 19.1 Å². The highest BCUT2D eigenvalue weighted by atomic mass is 16.5. The van der Waals surface area contributed by atoms with Crippen molar-refractivity contribution in [2.24, 2.45) is 4.99 Å². The summed E-state index contributed by atoms with van der Waals surface area (Å²) in [5, 5.41) is 10.5. The first-order valence-electron chi connectivity index (χ1n) is 8.02. The van der Waals surface area contributed by atoms with E-state index in [1.807, 2.05) is 19.1 Å². The van der Waals surface area contributed by atoms with E-state index in [0.717, 1.165) is 11.1 Å². The fraction of sp³-hybridized carbons (Fsp3) is 0.278. The number of carbonyl (C=O) groups is 1. The van der Waals surface area contributed by atoms with Gasteiger partial charge in [0.2, 0.25) is 5.88 Å². The number of nitrogens with zero attached hydrogens (tertiary/aromatic N) is 3. The van der Waals surface area contributed by atoms with Crippen molar-refractivity contribution in [3.63, 3.8) is 0 Å². The molecule has 130 valence electrons. The summed E-state index contributed by atoms with van der Waals surface area (Å²) in [5.74, 6) is 0.192. The fourth-order valence-corrected chi connectivity index (χ4v) is 2.51. The Labute approximate surface area is 145 Å². The SMILES string of the molecule is CCOC(=O)c1c(N(C)CC)oc(C=C2C=Nc3ncccc32)c1O. The van der Waals surface area contributed by atoms with Crippen LogP contribution in [0.25, 0.3) is 11.6 Å². The van der Waals surface area contributed by atoms with Crippen LogP contribution in [-0.4, -0.2) is 42.5 Å². The van der Waals surface area contributed by atoms with Gasteiger partial charge in [-0.1, -0.05) is 0 Å². The van der Waals surface area contributed by atoms with E-state index in [2.05, 4.69) is 9.98 Å². The predicted molar refractivity (Wildman–Crippen MR) is 95.5 cm³/mol. The van der Waals surface area contributed by atoms with Gasteiger partial charge >= 0.3 is 5.97 Å². The van der Waals surface area contributed by atoms with E-state index < -0.39 is 5.97 Å². The van der Waals surface area contributed by atoms with Gasteiger partial charge in [0.05, 0.1) is 6.61 Å². The highest BCUT2D eigenvalue weighted by molar-refractivity contribution is 6.21. The number of aliphatic imine (C=N–C) groups is 1. The highest BCUT2D eigenvalue weighted by Gasteiger charge is 2.28. The maximum atomic E-state index is 12.2. The number of aromatic hydroxyl groups is 1. The molecule has 0 aliphatic carbocycles. The maximum Gasteiger partial charge on any atom is 0.347 e. The Kier molecular flexibility index (Phi) is 4.56. The van der Waals surface area contributed by atoms with E-state index in [1.165, 1.54) is 0 Å². The number of anilines is 1. The fourth-order valence-electron chi connectivity index (χ4n) is 2.51. The Morgan fingerprint density at radius 1 is 1.44 bits per heavy atom. The number of fused-ring (bicyclic) bond motifs is 1. The molecule has 0 atom stereocenters. The van der Waals surface area contributed by atoms with Crippen LogP contribution in [-0.2, 0) is 4.74 Å². The van der Waals surface area contributed by atoms with Crippen LogP contribution in [0.2, 0.25) is 0 Å². The molecule has 2 aromatic rings. The largest absolute Gasteiger partial charge is 0.504 e. The number of allylic oxidation sites excluding steroid dienone is 1. The number of pyridine rings is 1. The molecule has 25 heavy (non-hydrogen) atoms. The number of aromatic nitrogens is 1. The average molecular weight is 341 g/mol. The molecule has 3 rings (SSSR count). The van der Waals surface area contributed by atoms with E-state index >= 15 is 0 Å².